The molecule has 1 amide bonds. The molecule has 0 unspecified atom stereocenters. The van der Waals surface area contributed by atoms with Crippen LogP contribution in [0.2, 0.25) is 0 Å². The number of carbonyl (C=O) groups is 2. The zero-order valence-corrected chi connectivity index (χ0v) is 11.3. The van der Waals surface area contributed by atoms with Crippen molar-refractivity contribution in [1.82, 2.24) is 0 Å². The van der Waals surface area contributed by atoms with Gasteiger partial charge in [0.2, 0.25) is 5.91 Å². The summed E-state index contributed by atoms with van der Waals surface area (Å²) >= 11 is 0. The van der Waals surface area contributed by atoms with Crippen LogP contribution >= 0.6 is 0 Å². The molecular weight excluding hydrogens is 286 g/mol. The predicted octanol–water partition coefficient (Wildman–Crippen LogP) is 0.495. The quantitative estimate of drug-likeness (QED) is 0.580. The molecule has 9 heteroatoms. The van der Waals surface area contributed by atoms with Gasteiger partial charge in [-0.3, -0.25) is 14.3 Å². The first-order valence-corrected chi connectivity index (χ1v) is 7.23. The molecule has 0 radical (unpaired) electrons. The fourth-order valence-corrected chi connectivity index (χ4v) is 1.90. The van der Waals surface area contributed by atoms with Crippen LogP contribution in [0, 0.1) is 0 Å². The summed E-state index contributed by atoms with van der Waals surface area (Å²) in [5, 5.41) is 15.8. The molecule has 0 heterocycles. The Morgan fingerprint density at radius 3 is 2.45 bits per heavy atom. The fraction of sp³-hybridized carbons (Fsp3) is 0.273. The molecule has 0 aliphatic carbocycles. The molecule has 0 bridgehead atoms. The molecule has 1 aromatic carbocycles. The SMILES string of the molecule is NS(=O)(=O)Nc1cccc(NC(=O)CCCC(=O)O)c1. The summed E-state index contributed by atoms with van der Waals surface area (Å²) in [6.07, 6.45) is 0.218. The van der Waals surface area contributed by atoms with Crippen LogP contribution in [-0.4, -0.2) is 25.4 Å². The maximum atomic E-state index is 11.5. The van der Waals surface area contributed by atoms with E-state index >= 15 is 0 Å². The minimum absolute atomic E-state index is 0.0686. The molecule has 0 aromatic heterocycles. The minimum Gasteiger partial charge on any atom is -0.481 e. The Morgan fingerprint density at radius 1 is 1.20 bits per heavy atom. The van der Waals surface area contributed by atoms with Crippen molar-refractivity contribution in [2.24, 2.45) is 5.14 Å². The third-order valence-corrected chi connectivity index (χ3v) is 2.72. The molecule has 8 nitrogen and oxygen atoms in total. The third kappa shape index (κ3) is 6.71. The Hall–Kier alpha value is -2.13. The van der Waals surface area contributed by atoms with E-state index in [1.165, 1.54) is 12.1 Å². The molecule has 0 aliphatic rings. The number of carboxylic acids is 1. The van der Waals surface area contributed by atoms with E-state index in [0.717, 1.165) is 0 Å². The minimum atomic E-state index is -3.87. The normalized spacial score (nSPS) is 10.8. The van der Waals surface area contributed by atoms with E-state index in [1.807, 2.05) is 0 Å². The number of amides is 1. The third-order valence-electron chi connectivity index (χ3n) is 2.20. The van der Waals surface area contributed by atoms with Crippen LogP contribution in [0.25, 0.3) is 0 Å². The van der Waals surface area contributed by atoms with E-state index in [9.17, 15) is 18.0 Å². The molecule has 0 atom stereocenters. The van der Waals surface area contributed by atoms with Crippen LogP contribution in [-0.2, 0) is 19.8 Å². The molecule has 0 saturated heterocycles. The Morgan fingerprint density at radius 2 is 1.85 bits per heavy atom. The highest BCUT2D eigenvalue weighted by molar-refractivity contribution is 7.90. The van der Waals surface area contributed by atoms with Gasteiger partial charge in [-0.1, -0.05) is 6.07 Å². The van der Waals surface area contributed by atoms with Crippen LogP contribution in [0.5, 0.6) is 0 Å². The van der Waals surface area contributed by atoms with E-state index in [1.54, 1.807) is 12.1 Å². The van der Waals surface area contributed by atoms with Crippen LogP contribution in [0.15, 0.2) is 24.3 Å². The van der Waals surface area contributed by atoms with Crippen molar-refractivity contribution in [1.29, 1.82) is 0 Å². The van der Waals surface area contributed by atoms with E-state index in [4.69, 9.17) is 10.2 Å². The van der Waals surface area contributed by atoms with Gasteiger partial charge in [0.25, 0.3) is 10.2 Å². The average Bonchev–Trinajstić information content (AvgIpc) is 2.26. The lowest BCUT2D eigenvalue weighted by Crippen LogP contribution is -2.21. The summed E-state index contributed by atoms with van der Waals surface area (Å²) in [7, 11) is -3.87. The number of benzene rings is 1. The summed E-state index contributed by atoms with van der Waals surface area (Å²) in [6, 6.07) is 5.99. The van der Waals surface area contributed by atoms with Crippen molar-refractivity contribution >= 4 is 33.5 Å². The summed E-state index contributed by atoms with van der Waals surface area (Å²) in [5.74, 6) is -1.31. The lowest BCUT2D eigenvalue weighted by molar-refractivity contribution is -0.137. The number of nitrogens with two attached hydrogens (primary N) is 1. The highest BCUT2D eigenvalue weighted by atomic mass is 32.2. The summed E-state index contributed by atoms with van der Waals surface area (Å²) in [5.41, 5.74) is 0.606. The van der Waals surface area contributed by atoms with Gasteiger partial charge in [-0.2, -0.15) is 8.42 Å². The fourth-order valence-electron chi connectivity index (χ4n) is 1.45. The lowest BCUT2D eigenvalue weighted by atomic mass is 10.2. The Kier molecular flexibility index (Phi) is 5.47. The first-order chi connectivity index (χ1) is 9.26. The second kappa shape index (κ2) is 6.87. The van der Waals surface area contributed by atoms with E-state index in [2.05, 4.69) is 10.0 Å². The molecule has 1 aromatic rings. The number of anilines is 2. The maximum Gasteiger partial charge on any atom is 0.303 e. The van der Waals surface area contributed by atoms with Gasteiger partial charge < -0.3 is 10.4 Å². The first kappa shape index (κ1) is 15.9. The van der Waals surface area contributed by atoms with Crippen molar-refractivity contribution in [3.63, 3.8) is 0 Å². The smallest absolute Gasteiger partial charge is 0.303 e. The number of carbonyl (C=O) groups excluding carboxylic acids is 1. The van der Waals surface area contributed by atoms with Gasteiger partial charge in [0.05, 0.1) is 5.69 Å². The molecule has 0 saturated carbocycles. The highest BCUT2D eigenvalue weighted by Crippen LogP contribution is 2.16. The molecule has 5 N–H and O–H groups in total. The summed E-state index contributed by atoms with van der Waals surface area (Å²) < 4.78 is 23.8. The zero-order chi connectivity index (χ0) is 15.2. The Labute approximate surface area is 116 Å². The Balaban J connectivity index is 2.57. The van der Waals surface area contributed by atoms with Crippen molar-refractivity contribution in [3.05, 3.63) is 24.3 Å². The monoisotopic (exact) mass is 301 g/mol. The molecule has 110 valence electrons. The topological polar surface area (TPSA) is 139 Å². The van der Waals surface area contributed by atoms with Gasteiger partial charge in [0.1, 0.15) is 0 Å². The van der Waals surface area contributed by atoms with Gasteiger partial charge in [-0.15, -0.1) is 0 Å². The molecule has 0 fully saturated rings. The van der Waals surface area contributed by atoms with Crippen molar-refractivity contribution in [3.8, 4) is 0 Å². The summed E-state index contributed by atoms with van der Waals surface area (Å²) in [6.45, 7) is 0. The van der Waals surface area contributed by atoms with E-state index in [0.29, 0.717) is 5.69 Å². The number of nitrogens with one attached hydrogen (secondary N) is 2. The Bertz CT molecular complexity index is 600. The van der Waals surface area contributed by atoms with Crippen molar-refractivity contribution < 1.29 is 23.1 Å². The number of carboxylic acid groups (broad SMARTS) is 1. The van der Waals surface area contributed by atoms with Gasteiger partial charge in [0, 0.05) is 18.5 Å². The highest BCUT2D eigenvalue weighted by Gasteiger charge is 2.06. The van der Waals surface area contributed by atoms with Crippen molar-refractivity contribution in [2.45, 2.75) is 19.3 Å². The van der Waals surface area contributed by atoms with Gasteiger partial charge >= 0.3 is 5.97 Å². The average molecular weight is 301 g/mol. The molecular formula is C11H15N3O5S. The van der Waals surface area contributed by atoms with Gasteiger partial charge in [-0.05, 0) is 24.6 Å². The largest absolute Gasteiger partial charge is 0.481 e. The molecule has 0 aliphatic heterocycles. The van der Waals surface area contributed by atoms with Gasteiger partial charge in [0.15, 0.2) is 0 Å². The summed E-state index contributed by atoms with van der Waals surface area (Å²) in [4.78, 5) is 21.8. The second-order valence-corrected chi connectivity index (χ2v) is 5.32. The lowest BCUT2D eigenvalue weighted by Gasteiger charge is -2.08. The number of hydrogen-bond acceptors (Lipinski definition) is 4. The number of rotatable bonds is 7. The zero-order valence-electron chi connectivity index (χ0n) is 10.5. The molecule has 1 rings (SSSR count). The van der Waals surface area contributed by atoms with Crippen LogP contribution in [0.4, 0.5) is 11.4 Å². The van der Waals surface area contributed by atoms with Gasteiger partial charge in [-0.25, -0.2) is 5.14 Å². The molecule has 0 spiro atoms. The first-order valence-electron chi connectivity index (χ1n) is 5.68. The standard InChI is InChI=1S/C11H15N3O5S/c12-20(18,19)14-9-4-1-3-8(7-9)13-10(15)5-2-6-11(16)17/h1,3-4,7,14H,2,5-6H2,(H,13,15)(H,16,17)(H2,12,18,19). The van der Waals surface area contributed by atoms with Crippen LogP contribution in [0.1, 0.15) is 19.3 Å². The predicted molar refractivity (Wildman–Crippen MR) is 73.3 cm³/mol. The second-order valence-electron chi connectivity index (χ2n) is 4.02. The number of aliphatic carboxylic acids is 1. The molecule has 20 heavy (non-hydrogen) atoms. The van der Waals surface area contributed by atoms with Crippen molar-refractivity contribution in [2.75, 3.05) is 10.0 Å². The van der Waals surface area contributed by atoms with E-state index in [-0.39, 0.29) is 30.9 Å². The number of hydrogen-bond donors (Lipinski definition) is 4. The van der Waals surface area contributed by atoms with E-state index < -0.39 is 16.2 Å². The van der Waals surface area contributed by atoms with Crippen LogP contribution in [0.3, 0.4) is 0 Å². The van der Waals surface area contributed by atoms with Crippen LogP contribution < -0.4 is 15.2 Å². The maximum absolute atomic E-state index is 11.5.